The van der Waals surface area contributed by atoms with Gasteiger partial charge < -0.3 is 15.8 Å². The maximum atomic E-state index is 8.13. The van der Waals surface area contributed by atoms with Crippen molar-refractivity contribution in [1.29, 1.82) is 0 Å². The third-order valence-corrected chi connectivity index (χ3v) is 0.471. The van der Waals surface area contributed by atoms with Gasteiger partial charge in [-0.15, -0.1) is 6.58 Å². The van der Waals surface area contributed by atoms with Gasteiger partial charge in [0.15, 0.2) is 0 Å². The van der Waals surface area contributed by atoms with Crippen molar-refractivity contribution in [3.8, 4) is 0 Å². The van der Waals surface area contributed by atoms with Gasteiger partial charge in [-0.2, -0.15) is 20.8 Å². The topological polar surface area (TPSA) is 29.5 Å². The summed E-state index contributed by atoms with van der Waals surface area (Å²) in [6.07, 6.45) is 1.65. The zero-order valence-electron chi connectivity index (χ0n) is 9.49. The monoisotopic (exact) mass is 426 g/mol. The fourth-order valence-corrected chi connectivity index (χ4v) is 0.231. The summed E-state index contributed by atoms with van der Waals surface area (Å²) in [5.41, 5.74) is 0. The van der Waals surface area contributed by atoms with Gasteiger partial charge in [0, 0.05) is 98.1 Å². The largest absolute Gasteiger partial charge is 0.394 e. The predicted molar refractivity (Wildman–Crippen MR) is 48.4 cm³/mol. The number of hydrogen-bond acceptors (Lipinski definition) is 2. The Kier molecular flexibility index (Phi) is 64.2. The molecular formula is C9H19O2Y3-. The standard InChI is InChI=1S/C5H10O2.C4H9.3Y/c1-2-4-7-5-3-6;1-4(2)3;;;/h2,6H,1,3-5H2;1-3H3;;;/q;-1;;;. The number of ether oxygens (including phenoxy) is 1. The molecule has 0 unspecified atom stereocenters. The van der Waals surface area contributed by atoms with Crippen molar-refractivity contribution in [3.05, 3.63) is 18.6 Å². The van der Waals surface area contributed by atoms with Crippen molar-refractivity contribution in [2.24, 2.45) is 0 Å². The van der Waals surface area contributed by atoms with E-state index < -0.39 is 0 Å². The molecule has 0 aromatic carbocycles. The third-order valence-electron chi connectivity index (χ3n) is 0.471. The van der Waals surface area contributed by atoms with Crippen LogP contribution in [-0.2, 0) is 103 Å². The average molecular weight is 426 g/mol. The van der Waals surface area contributed by atoms with Gasteiger partial charge in [0.25, 0.3) is 0 Å². The number of aliphatic hydroxyl groups excluding tert-OH is 1. The van der Waals surface area contributed by atoms with Gasteiger partial charge in [-0.25, -0.2) is 0 Å². The Hall–Kier alpha value is 2.97. The molecule has 1 N–H and O–H groups in total. The van der Waals surface area contributed by atoms with Crippen LogP contribution in [-0.4, -0.2) is 24.9 Å². The molecule has 0 aromatic heterocycles. The second-order valence-corrected chi connectivity index (χ2v) is 2.59. The number of rotatable bonds is 4. The van der Waals surface area contributed by atoms with E-state index in [0.717, 1.165) is 0 Å². The van der Waals surface area contributed by atoms with Crippen molar-refractivity contribution in [3.63, 3.8) is 0 Å². The Labute approximate surface area is 164 Å². The Morgan fingerprint density at radius 1 is 1.21 bits per heavy atom. The van der Waals surface area contributed by atoms with Gasteiger partial charge in [-0.05, 0) is 0 Å². The van der Waals surface area contributed by atoms with Crippen molar-refractivity contribution in [2.75, 3.05) is 19.8 Å². The molecule has 0 bridgehead atoms. The predicted octanol–water partition coefficient (Wildman–Crippen LogP) is 1.79. The smallest absolute Gasteiger partial charge is 0.0701 e. The zero-order chi connectivity index (χ0) is 9.11. The summed E-state index contributed by atoms with van der Waals surface area (Å²) < 4.78 is 4.76. The summed E-state index contributed by atoms with van der Waals surface area (Å²) in [5.74, 6) is 1.42. The van der Waals surface area contributed by atoms with Gasteiger partial charge in [-0.3, -0.25) is 0 Å². The first-order chi connectivity index (χ1) is 5.15. The molecule has 0 heterocycles. The molecule has 14 heavy (non-hydrogen) atoms. The summed E-state index contributed by atoms with van der Waals surface area (Å²) in [6, 6.07) is 0. The second kappa shape index (κ2) is 29.7. The first kappa shape index (κ1) is 30.2. The van der Waals surface area contributed by atoms with E-state index in [4.69, 9.17) is 9.84 Å². The van der Waals surface area contributed by atoms with Crippen LogP contribution in [0.2, 0.25) is 0 Å². The van der Waals surface area contributed by atoms with E-state index in [1.807, 2.05) is 0 Å². The van der Waals surface area contributed by atoms with Crippen LogP contribution in [0.25, 0.3) is 0 Å². The van der Waals surface area contributed by atoms with Gasteiger partial charge in [0.1, 0.15) is 0 Å². The van der Waals surface area contributed by atoms with E-state index >= 15 is 0 Å². The molecule has 0 fully saturated rings. The van der Waals surface area contributed by atoms with Gasteiger partial charge in [0.2, 0.25) is 0 Å². The fraction of sp³-hybridized carbons (Fsp3) is 0.667. The average Bonchev–Trinajstić information content (AvgIpc) is 1.88. The van der Waals surface area contributed by atoms with E-state index in [0.29, 0.717) is 13.2 Å². The molecule has 0 amide bonds. The molecule has 0 rings (SSSR count). The Morgan fingerprint density at radius 3 is 1.79 bits per heavy atom. The van der Waals surface area contributed by atoms with Crippen LogP contribution < -0.4 is 0 Å². The Morgan fingerprint density at radius 2 is 1.57 bits per heavy atom. The summed E-state index contributed by atoms with van der Waals surface area (Å²) in [5, 5.41) is 8.13. The Balaban J connectivity index is -0.0000000347. The summed E-state index contributed by atoms with van der Waals surface area (Å²) >= 11 is 0. The van der Waals surface area contributed by atoms with E-state index in [1.165, 1.54) is 5.92 Å². The molecule has 0 aliphatic rings. The number of aliphatic hydroxyl groups is 1. The third kappa shape index (κ3) is 60.1. The molecule has 3 radical (unpaired) electrons. The van der Waals surface area contributed by atoms with Crippen LogP contribution in [0.15, 0.2) is 12.7 Å². The van der Waals surface area contributed by atoms with E-state index in [9.17, 15) is 0 Å². The van der Waals surface area contributed by atoms with E-state index in [-0.39, 0.29) is 105 Å². The molecule has 0 saturated heterocycles. The maximum absolute atomic E-state index is 8.13. The fourth-order valence-electron chi connectivity index (χ4n) is 0.231. The van der Waals surface area contributed by atoms with Crippen molar-refractivity contribution in [2.45, 2.75) is 20.8 Å². The van der Waals surface area contributed by atoms with Crippen molar-refractivity contribution in [1.82, 2.24) is 0 Å². The van der Waals surface area contributed by atoms with Crippen LogP contribution in [0.1, 0.15) is 20.8 Å². The molecule has 2 nitrogen and oxygen atoms in total. The maximum Gasteiger partial charge on any atom is 0.0701 e. The van der Waals surface area contributed by atoms with Crippen molar-refractivity contribution < 1.29 is 108 Å². The summed E-state index contributed by atoms with van der Waals surface area (Å²) in [7, 11) is 0. The normalized spacial score (nSPS) is 6.93. The first-order valence-corrected chi connectivity index (χ1v) is 3.71. The minimum absolute atomic E-state index is 0. The molecule has 0 saturated carbocycles. The van der Waals surface area contributed by atoms with Crippen LogP contribution in [0, 0.1) is 5.92 Å². The van der Waals surface area contributed by atoms with Crippen LogP contribution >= 0.6 is 0 Å². The molecule has 0 atom stereocenters. The molecule has 0 aliphatic carbocycles. The molecule has 0 aliphatic heterocycles. The molecule has 77 valence electrons. The quantitative estimate of drug-likeness (QED) is 0.423. The zero-order valence-corrected chi connectivity index (χ0v) is 18.0. The Bertz CT molecular complexity index is 77.7. The van der Waals surface area contributed by atoms with E-state index in [2.05, 4.69) is 27.4 Å². The van der Waals surface area contributed by atoms with Gasteiger partial charge >= 0.3 is 0 Å². The van der Waals surface area contributed by atoms with E-state index in [1.54, 1.807) is 6.08 Å². The molecule has 0 spiro atoms. The minimum atomic E-state index is 0. The van der Waals surface area contributed by atoms with Gasteiger partial charge in [-0.1, -0.05) is 6.08 Å². The molecular weight excluding hydrogens is 407 g/mol. The molecule has 5 heteroatoms. The summed E-state index contributed by atoms with van der Waals surface area (Å²) in [6.45, 7) is 10.7. The van der Waals surface area contributed by atoms with Gasteiger partial charge in [0.05, 0.1) is 19.8 Å². The van der Waals surface area contributed by atoms with Crippen LogP contribution in [0.4, 0.5) is 0 Å². The summed E-state index contributed by atoms with van der Waals surface area (Å²) in [4.78, 5) is 0. The van der Waals surface area contributed by atoms with Crippen LogP contribution in [0.5, 0.6) is 0 Å². The van der Waals surface area contributed by atoms with Crippen molar-refractivity contribution >= 4 is 0 Å². The van der Waals surface area contributed by atoms with Crippen LogP contribution in [0.3, 0.4) is 0 Å². The first-order valence-electron chi connectivity index (χ1n) is 3.71. The SMILES string of the molecule is C=CCOCCO.C[C-](C)C.[Y].[Y].[Y]. The second-order valence-electron chi connectivity index (χ2n) is 2.59. The minimum Gasteiger partial charge on any atom is -0.394 e. The molecule has 0 aromatic rings. The number of hydrogen-bond donors (Lipinski definition) is 1.